The summed E-state index contributed by atoms with van der Waals surface area (Å²) < 4.78 is 10.6. The van der Waals surface area contributed by atoms with Gasteiger partial charge in [0.2, 0.25) is 0 Å². The smallest absolute Gasteiger partial charge is 0.307 e. The van der Waals surface area contributed by atoms with E-state index in [1.54, 1.807) is 6.92 Å². The zero-order valence-electron chi connectivity index (χ0n) is 12.8. The molecule has 5 nitrogen and oxygen atoms in total. The molecule has 0 bridgehead atoms. The third-order valence-corrected chi connectivity index (χ3v) is 3.60. The number of rotatable bonds is 9. The molecule has 1 rings (SSSR count). The van der Waals surface area contributed by atoms with Gasteiger partial charge in [0, 0.05) is 13.1 Å². The Balaban J connectivity index is 2.00. The maximum atomic E-state index is 11.1. The van der Waals surface area contributed by atoms with Crippen LogP contribution >= 0.6 is 0 Å². The Labute approximate surface area is 122 Å². The van der Waals surface area contributed by atoms with E-state index in [9.17, 15) is 9.90 Å². The van der Waals surface area contributed by atoms with E-state index in [-0.39, 0.29) is 5.97 Å². The molecule has 0 aliphatic heterocycles. The lowest BCUT2D eigenvalue weighted by Crippen LogP contribution is -2.34. The maximum Gasteiger partial charge on any atom is 0.307 e. The summed E-state index contributed by atoms with van der Waals surface area (Å²) in [4.78, 5) is 11.1. The first-order valence-corrected chi connectivity index (χ1v) is 7.77. The minimum absolute atomic E-state index is 0.207. The first kappa shape index (κ1) is 17.4. The topological polar surface area (TPSA) is 67.8 Å². The normalized spacial score (nSPS) is 24.4. The van der Waals surface area contributed by atoms with Gasteiger partial charge in [-0.3, -0.25) is 4.79 Å². The molecule has 3 atom stereocenters. The van der Waals surface area contributed by atoms with Gasteiger partial charge in [0.05, 0.1) is 31.8 Å². The summed E-state index contributed by atoms with van der Waals surface area (Å²) in [5, 5.41) is 12.9. The zero-order valence-corrected chi connectivity index (χ0v) is 12.8. The van der Waals surface area contributed by atoms with E-state index in [4.69, 9.17) is 9.47 Å². The van der Waals surface area contributed by atoms with Crippen molar-refractivity contribution < 1.29 is 19.4 Å². The molecule has 0 radical (unpaired) electrons. The number of ether oxygens (including phenoxy) is 2. The van der Waals surface area contributed by atoms with Crippen LogP contribution in [0.1, 0.15) is 46.0 Å². The lowest BCUT2D eigenvalue weighted by atomic mass is 9.89. The predicted molar refractivity (Wildman–Crippen MR) is 77.5 cm³/mol. The van der Waals surface area contributed by atoms with Crippen molar-refractivity contribution in [2.24, 2.45) is 5.92 Å². The molecule has 0 aromatic rings. The summed E-state index contributed by atoms with van der Waals surface area (Å²) in [5.74, 6) is 0.524. The molecule has 118 valence electrons. The molecule has 1 aliphatic rings. The Hall–Kier alpha value is -0.650. The van der Waals surface area contributed by atoms with Crippen molar-refractivity contribution in [2.75, 3.05) is 26.3 Å². The first-order valence-electron chi connectivity index (χ1n) is 7.77. The number of carbonyl (C=O) groups excluding carboxylic acids is 1. The monoisotopic (exact) mass is 287 g/mol. The number of nitrogens with one attached hydrogen (secondary N) is 1. The second-order valence-corrected chi connectivity index (χ2v) is 5.64. The van der Waals surface area contributed by atoms with E-state index in [1.807, 2.05) is 0 Å². The molecule has 0 aromatic carbocycles. The van der Waals surface area contributed by atoms with Crippen LogP contribution in [0.4, 0.5) is 0 Å². The van der Waals surface area contributed by atoms with Gasteiger partial charge in [0.15, 0.2) is 0 Å². The third-order valence-electron chi connectivity index (χ3n) is 3.60. The van der Waals surface area contributed by atoms with Gasteiger partial charge in [-0.25, -0.2) is 0 Å². The van der Waals surface area contributed by atoms with E-state index >= 15 is 0 Å². The van der Waals surface area contributed by atoms with Crippen molar-refractivity contribution >= 4 is 5.97 Å². The minimum Gasteiger partial charge on any atom is -0.466 e. The maximum absolute atomic E-state index is 11.1. The van der Waals surface area contributed by atoms with Gasteiger partial charge in [-0.2, -0.15) is 0 Å². The zero-order chi connectivity index (χ0) is 14.8. The van der Waals surface area contributed by atoms with Gasteiger partial charge in [-0.15, -0.1) is 0 Å². The lowest BCUT2D eigenvalue weighted by molar-refractivity contribution is -0.143. The Kier molecular flexibility index (Phi) is 8.82. The summed E-state index contributed by atoms with van der Waals surface area (Å²) in [6.07, 6.45) is 4.83. The molecule has 3 unspecified atom stereocenters. The number of carbonyl (C=O) groups is 1. The van der Waals surface area contributed by atoms with Crippen molar-refractivity contribution in [3.63, 3.8) is 0 Å². The highest BCUT2D eigenvalue weighted by Crippen LogP contribution is 2.25. The van der Waals surface area contributed by atoms with E-state index in [0.29, 0.717) is 38.8 Å². The summed E-state index contributed by atoms with van der Waals surface area (Å²) in [6.45, 7) is 5.79. The SMILES string of the molecule is CCOC(=O)CCNCC(O)COC1CCCC(C)C1. The Morgan fingerprint density at radius 1 is 1.45 bits per heavy atom. The summed E-state index contributed by atoms with van der Waals surface area (Å²) in [5.41, 5.74) is 0. The van der Waals surface area contributed by atoms with Gasteiger partial charge in [-0.05, 0) is 25.7 Å². The van der Waals surface area contributed by atoms with Gasteiger partial charge in [-0.1, -0.05) is 19.8 Å². The van der Waals surface area contributed by atoms with Gasteiger partial charge in [0.1, 0.15) is 0 Å². The number of aliphatic hydroxyl groups is 1. The molecular weight excluding hydrogens is 258 g/mol. The quantitative estimate of drug-likeness (QED) is 0.497. The third kappa shape index (κ3) is 7.82. The van der Waals surface area contributed by atoms with E-state index in [1.165, 1.54) is 12.8 Å². The molecule has 1 aliphatic carbocycles. The highest BCUT2D eigenvalue weighted by atomic mass is 16.5. The van der Waals surface area contributed by atoms with E-state index in [0.717, 1.165) is 18.8 Å². The Morgan fingerprint density at radius 2 is 2.25 bits per heavy atom. The van der Waals surface area contributed by atoms with Crippen LogP contribution in [0, 0.1) is 5.92 Å². The molecular formula is C15H29NO4. The fraction of sp³-hybridized carbons (Fsp3) is 0.933. The second-order valence-electron chi connectivity index (χ2n) is 5.64. The highest BCUT2D eigenvalue weighted by Gasteiger charge is 2.20. The average molecular weight is 287 g/mol. The minimum atomic E-state index is -0.519. The van der Waals surface area contributed by atoms with Crippen LogP contribution in [0.3, 0.4) is 0 Å². The fourth-order valence-electron chi connectivity index (χ4n) is 2.53. The number of hydrogen-bond donors (Lipinski definition) is 2. The summed E-state index contributed by atoms with van der Waals surface area (Å²) in [7, 11) is 0. The van der Waals surface area contributed by atoms with Crippen molar-refractivity contribution in [3.8, 4) is 0 Å². The van der Waals surface area contributed by atoms with Crippen LogP contribution in [-0.2, 0) is 14.3 Å². The summed E-state index contributed by atoms with van der Waals surface area (Å²) >= 11 is 0. The summed E-state index contributed by atoms with van der Waals surface area (Å²) in [6, 6.07) is 0. The Bertz CT molecular complexity index is 273. The predicted octanol–water partition coefficient (Wildman–Crippen LogP) is 1.49. The molecule has 1 saturated carbocycles. The lowest BCUT2D eigenvalue weighted by Gasteiger charge is -2.27. The van der Waals surface area contributed by atoms with Crippen molar-refractivity contribution in [1.29, 1.82) is 0 Å². The van der Waals surface area contributed by atoms with Crippen LogP contribution in [0.15, 0.2) is 0 Å². The van der Waals surface area contributed by atoms with Crippen LogP contribution < -0.4 is 5.32 Å². The Morgan fingerprint density at radius 3 is 2.95 bits per heavy atom. The van der Waals surface area contributed by atoms with E-state index in [2.05, 4.69) is 12.2 Å². The fourth-order valence-corrected chi connectivity index (χ4v) is 2.53. The molecule has 0 amide bonds. The van der Waals surface area contributed by atoms with Gasteiger partial charge >= 0.3 is 5.97 Å². The molecule has 0 saturated heterocycles. The molecule has 0 aromatic heterocycles. The molecule has 5 heteroatoms. The first-order chi connectivity index (χ1) is 9.61. The van der Waals surface area contributed by atoms with Crippen LogP contribution in [0.25, 0.3) is 0 Å². The van der Waals surface area contributed by atoms with Crippen LogP contribution in [0.2, 0.25) is 0 Å². The van der Waals surface area contributed by atoms with Crippen molar-refractivity contribution in [1.82, 2.24) is 5.32 Å². The van der Waals surface area contributed by atoms with Crippen molar-refractivity contribution in [2.45, 2.75) is 58.2 Å². The standard InChI is InChI=1S/C15H29NO4/c1-3-19-15(18)7-8-16-10-13(17)11-20-14-6-4-5-12(2)9-14/h12-14,16-17H,3-11H2,1-2H3. The van der Waals surface area contributed by atoms with Gasteiger partial charge < -0.3 is 19.9 Å². The highest BCUT2D eigenvalue weighted by molar-refractivity contribution is 5.69. The largest absolute Gasteiger partial charge is 0.466 e. The molecule has 20 heavy (non-hydrogen) atoms. The number of aliphatic hydroxyl groups excluding tert-OH is 1. The van der Waals surface area contributed by atoms with E-state index < -0.39 is 6.10 Å². The number of hydrogen-bond acceptors (Lipinski definition) is 5. The average Bonchev–Trinajstić information content (AvgIpc) is 2.42. The molecule has 0 spiro atoms. The van der Waals surface area contributed by atoms with Crippen LogP contribution in [0.5, 0.6) is 0 Å². The van der Waals surface area contributed by atoms with Crippen LogP contribution in [-0.4, -0.2) is 49.6 Å². The van der Waals surface area contributed by atoms with Gasteiger partial charge in [0.25, 0.3) is 0 Å². The molecule has 0 heterocycles. The molecule has 1 fully saturated rings. The van der Waals surface area contributed by atoms with Crippen molar-refractivity contribution in [3.05, 3.63) is 0 Å². The molecule has 2 N–H and O–H groups in total. The second kappa shape index (κ2) is 10.1. The number of esters is 1.